The van der Waals surface area contributed by atoms with Crippen molar-refractivity contribution in [1.82, 2.24) is 4.90 Å². The number of rotatable bonds is 3. The maximum atomic E-state index is 12.2. The number of likely N-dealkylation sites (N-methyl/N-ethyl adjacent to an activating group) is 1. The monoisotopic (exact) mass is 305 g/mol. The topological polar surface area (TPSA) is 83.9 Å². The van der Waals surface area contributed by atoms with Crippen LogP contribution in [0.1, 0.15) is 25.7 Å². The lowest BCUT2D eigenvalue weighted by Gasteiger charge is -2.32. The molecule has 0 aromatic heterocycles. The molecule has 0 saturated heterocycles. The van der Waals surface area contributed by atoms with E-state index in [9.17, 15) is 19.5 Å². The van der Waals surface area contributed by atoms with Crippen LogP contribution in [0.25, 0.3) is 0 Å². The third kappa shape index (κ3) is 1.94. The van der Waals surface area contributed by atoms with Gasteiger partial charge < -0.3 is 9.84 Å². The van der Waals surface area contributed by atoms with E-state index in [0.29, 0.717) is 36.8 Å². The number of aliphatic hydroxyl groups is 1. The summed E-state index contributed by atoms with van der Waals surface area (Å²) in [6, 6.07) is 0. The van der Waals surface area contributed by atoms with Crippen LogP contribution in [0, 0.1) is 11.3 Å². The smallest absolute Gasteiger partial charge is 0.315 e. The number of amides is 2. The number of carbonyl (C=O) groups is 3. The van der Waals surface area contributed by atoms with Crippen LogP contribution < -0.4 is 0 Å². The lowest BCUT2D eigenvalue weighted by molar-refractivity contribution is -0.159. The van der Waals surface area contributed by atoms with Crippen molar-refractivity contribution in [2.24, 2.45) is 11.3 Å². The van der Waals surface area contributed by atoms with E-state index in [1.165, 1.54) is 14.2 Å². The highest BCUT2D eigenvalue weighted by Gasteiger charge is 2.51. The van der Waals surface area contributed by atoms with Gasteiger partial charge in [-0.05, 0) is 31.6 Å². The highest BCUT2D eigenvalue weighted by Crippen LogP contribution is 2.47. The van der Waals surface area contributed by atoms with Crippen LogP contribution in [0.2, 0.25) is 0 Å². The second kappa shape index (κ2) is 5.05. The lowest BCUT2D eigenvalue weighted by Crippen LogP contribution is -2.41. The van der Waals surface area contributed by atoms with E-state index in [1.807, 2.05) is 0 Å². The molecule has 6 nitrogen and oxygen atoms in total. The van der Waals surface area contributed by atoms with Gasteiger partial charge in [0.05, 0.1) is 13.2 Å². The summed E-state index contributed by atoms with van der Waals surface area (Å²) >= 11 is 0. The molecule has 0 fully saturated rings. The van der Waals surface area contributed by atoms with Crippen LogP contribution in [0.3, 0.4) is 0 Å². The van der Waals surface area contributed by atoms with Gasteiger partial charge in [0.1, 0.15) is 5.41 Å². The Bertz CT molecular complexity index is 592. The number of methoxy groups -OCH3 is 1. The first kappa shape index (κ1) is 15.0. The number of carbonyl (C=O) groups excluding carboxylic acids is 3. The molecule has 2 aliphatic carbocycles. The van der Waals surface area contributed by atoms with Gasteiger partial charge in [-0.3, -0.25) is 19.3 Å². The van der Waals surface area contributed by atoms with E-state index in [4.69, 9.17) is 4.74 Å². The minimum Gasteiger partial charge on any atom is -0.468 e. The minimum absolute atomic E-state index is 0.000231. The number of hydrogen-bond acceptors (Lipinski definition) is 5. The standard InChI is InChI=1S/C16H19NO5/c1-17-13(19)10-6-9(7-11(10)14(17)20)8-16(15(21)22-2)5-3-4-12(16)18/h3-4,9,12,18H,5-8H2,1-2H3/t12-,16+/m1/s1. The van der Waals surface area contributed by atoms with Crippen LogP contribution in [0.15, 0.2) is 23.3 Å². The maximum absolute atomic E-state index is 12.2. The predicted octanol–water partition coefficient (Wildman–Crippen LogP) is 0.562. The van der Waals surface area contributed by atoms with Crippen molar-refractivity contribution >= 4 is 17.8 Å². The Morgan fingerprint density at radius 2 is 1.95 bits per heavy atom. The first-order chi connectivity index (χ1) is 10.4. The molecule has 0 radical (unpaired) electrons. The quantitative estimate of drug-likeness (QED) is 0.468. The summed E-state index contributed by atoms with van der Waals surface area (Å²) in [5, 5.41) is 10.2. The fraction of sp³-hybridized carbons (Fsp3) is 0.562. The molecule has 6 heteroatoms. The van der Waals surface area contributed by atoms with Gasteiger partial charge in [-0.15, -0.1) is 0 Å². The SMILES string of the molecule is COC(=O)[C@]1(CC2CC3=C(C2)C(=O)N(C)C3=O)CC=C[C@H]1O. The van der Waals surface area contributed by atoms with Gasteiger partial charge in [-0.2, -0.15) is 0 Å². The van der Waals surface area contributed by atoms with Crippen molar-refractivity contribution in [2.75, 3.05) is 14.2 Å². The molecule has 0 saturated carbocycles. The number of nitrogens with zero attached hydrogens (tertiary/aromatic N) is 1. The molecule has 2 amide bonds. The van der Waals surface area contributed by atoms with Gasteiger partial charge in [-0.25, -0.2) is 0 Å². The van der Waals surface area contributed by atoms with Crippen molar-refractivity contribution in [3.05, 3.63) is 23.3 Å². The molecule has 22 heavy (non-hydrogen) atoms. The summed E-state index contributed by atoms with van der Waals surface area (Å²) in [6.45, 7) is 0. The second-order valence-corrected chi connectivity index (χ2v) is 6.33. The molecule has 0 unspecified atom stereocenters. The number of likely N-dealkylation sites (tertiary alicyclic amines) is 1. The van der Waals surface area contributed by atoms with E-state index in [-0.39, 0.29) is 17.7 Å². The zero-order valence-corrected chi connectivity index (χ0v) is 12.7. The Hall–Kier alpha value is -1.95. The number of aliphatic hydroxyl groups excluding tert-OH is 1. The molecule has 0 aromatic carbocycles. The third-order valence-corrected chi connectivity index (χ3v) is 5.09. The number of hydrogen-bond donors (Lipinski definition) is 1. The van der Waals surface area contributed by atoms with E-state index in [0.717, 1.165) is 4.90 Å². The number of ether oxygens (including phenoxy) is 1. The molecule has 0 bridgehead atoms. The molecule has 1 aliphatic heterocycles. The average molecular weight is 305 g/mol. The first-order valence-corrected chi connectivity index (χ1v) is 7.38. The summed E-state index contributed by atoms with van der Waals surface area (Å²) < 4.78 is 4.88. The molecule has 0 aromatic rings. The first-order valence-electron chi connectivity index (χ1n) is 7.38. The summed E-state index contributed by atoms with van der Waals surface area (Å²) in [4.78, 5) is 37.3. The Balaban J connectivity index is 1.77. The largest absolute Gasteiger partial charge is 0.468 e. The van der Waals surface area contributed by atoms with Crippen LogP contribution in [-0.4, -0.2) is 48.1 Å². The summed E-state index contributed by atoms with van der Waals surface area (Å²) in [7, 11) is 2.79. The van der Waals surface area contributed by atoms with Crippen molar-refractivity contribution in [3.63, 3.8) is 0 Å². The normalized spacial score (nSPS) is 31.4. The molecule has 2 atom stereocenters. The minimum atomic E-state index is -0.989. The predicted molar refractivity (Wildman–Crippen MR) is 76.4 cm³/mol. The molecule has 1 heterocycles. The van der Waals surface area contributed by atoms with Crippen LogP contribution in [-0.2, 0) is 19.1 Å². The second-order valence-electron chi connectivity index (χ2n) is 6.33. The highest BCUT2D eigenvalue weighted by molar-refractivity contribution is 6.19. The summed E-state index contributed by atoms with van der Waals surface area (Å²) in [6.07, 6.45) is 4.29. The number of esters is 1. The third-order valence-electron chi connectivity index (χ3n) is 5.09. The van der Waals surface area contributed by atoms with Crippen molar-refractivity contribution in [2.45, 2.75) is 31.8 Å². The van der Waals surface area contributed by atoms with Gasteiger partial charge in [0.25, 0.3) is 11.8 Å². The van der Waals surface area contributed by atoms with Crippen LogP contribution >= 0.6 is 0 Å². The zero-order valence-electron chi connectivity index (χ0n) is 12.7. The summed E-state index contributed by atoms with van der Waals surface area (Å²) in [5.41, 5.74) is 0.146. The Labute approximate surface area is 128 Å². The van der Waals surface area contributed by atoms with E-state index >= 15 is 0 Å². The molecule has 1 N–H and O–H groups in total. The lowest BCUT2D eigenvalue weighted by atomic mass is 9.74. The van der Waals surface area contributed by atoms with Crippen LogP contribution in [0.5, 0.6) is 0 Å². The zero-order chi connectivity index (χ0) is 16.1. The molecular weight excluding hydrogens is 286 g/mol. The molecular formula is C16H19NO5. The molecule has 118 valence electrons. The average Bonchev–Trinajstić information content (AvgIpc) is 3.14. The van der Waals surface area contributed by atoms with E-state index < -0.39 is 17.5 Å². The van der Waals surface area contributed by atoms with Gasteiger partial charge in [-0.1, -0.05) is 12.2 Å². The summed E-state index contributed by atoms with van der Waals surface area (Å²) in [5.74, 6) is -0.911. The number of allylic oxidation sites excluding steroid dienone is 1. The van der Waals surface area contributed by atoms with Crippen molar-refractivity contribution in [3.8, 4) is 0 Å². The van der Waals surface area contributed by atoms with Crippen molar-refractivity contribution in [1.29, 1.82) is 0 Å². The van der Waals surface area contributed by atoms with E-state index in [1.54, 1.807) is 12.2 Å². The maximum Gasteiger partial charge on any atom is 0.315 e. The Kier molecular flexibility index (Phi) is 3.44. The fourth-order valence-electron chi connectivity index (χ4n) is 3.89. The highest BCUT2D eigenvalue weighted by atomic mass is 16.5. The van der Waals surface area contributed by atoms with Gasteiger partial charge in [0.15, 0.2) is 0 Å². The van der Waals surface area contributed by atoms with Gasteiger partial charge >= 0.3 is 5.97 Å². The molecule has 3 rings (SSSR count). The Morgan fingerprint density at radius 3 is 2.41 bits per heavy atom. The van der Waals surface area contributed by atoms with Crippen LogP contribution in [0.4, 0.5) is 0 Å². The van der Waals surface area contributed by atoms with Crippen molar-refractivity contribution < 1.29 is 24.2 Å². The van der Waals surface area contributed by atoms with Gasteiger partial charge in [0.2, 0.25) is 0 Å². The Morgan fingerprint density at radius 1 is 1.36 bits per heavy atom. The number of imide groups is 1. The van der Waals surface area contributed by atoms with Gasteiger partial charge in [0, 0.05) is 18.2 Å². The molecule has 3 aliphatic rings. The fourth-order valence-corrected chi connectivity index (χ4v) is 3.89. The van der Waals surface area contributed by atoms with E-state index in [2.05, 4.69) is 0 Å². The molecule has 0 spiro atoms.